The van der Waals surface area contributed by atoms with E-state index in [9.17, 15) is 0 Å². The molecule has 3 rings (SSSR count). The van der Waals surface area contributed by atoms with Gasteiger partial charge in [0.2, 0.25) is 0 Å². The van der Waals surface area contributed by atoms with E-state index >= 15 is 0 Å². The number of nitrogens with two attached hydrogens (primary N) is 1. The molecule has 4 atom stereocenters. The lowest BCUT2D eigenvalue weighted by Crippen LogP contribution is -2.45. The van der Waals surface area contributed by atoms with Crippen LogP contribution < -0.4 is 11.3 Å². The van der Waals surface area contributed by atoms with Crippen LogP contribution in [0.3, 0.4) is 0 Å². The van der Waals surface area contributed by atoms with Crippen LogP contribution >= 0.6 is 0 Å². The average molecular weight is 272 g/mol. The summed E-state index contributed by atoms with van der Waals surface area (Å²) >= 11 is 0. The van der Waals surface area contributed by atoms with E-state index in [0.717, 1.165) is 24.2 Å². The second-order valence-electron chi connectivity index (χ2n) is 6.84. The zero-order valence-corrected chi connectivity index (χ0v) is 12.4. The molecule has 0 aliphatic heterocycles. The van der Waals surface area contributed by atoms with Gasteiger partial charge in [0.25, 0.3) is 0 Å². The Balaban J connectivity index is 1.61. The summed E-state index contributed by atoms with van der Waals surface area (Å²) in [6, 6.07) is 11.2. The molecule has 0 amide bonds. The maximum Gasteiger partial charge on any atom is 0.0279 e. The summed E-state index contributed by atoms with van der Waals surface area (Å²) in [5.74, 6) is 8.64. The first-order chi connectivity index (χ1) is 9.86. The Morgan fingerprint density at radius 3 is 2.50 bits per heavy atom. The van der Waals surface area contributed by atoms with Crippen molar-refractivity contribution in [2.45, 2.75) is 57.4 Å². The molecule has 2 aliphatic carbocycles. The van der Waals surface area contributed by atoms with Crippen LogP contribution in [0.15, 0.2) is 30.3 Å². The standard InChI is InChI=1S/C18H28N2/c19-20-18(12-14-6-2-1-3-7-14)17-11-10-15-8-4-5-9-16(15)13-17/h1-3,6-7,15-18,20H,4-5,8-13,19H2. The first kappa shape index (κ1) is 14.1. The van der Waals surface area contributed by atoms with E-state index in [4.69, 9.17) is 5.84 Å². The highest BCUT2D eigenvalue weighted by molar-refractivity contribution is 5.16. The van der Waals surface area contributed by atoms with E-state index in [1.807, 2.05) is 0 Å². The van der Waals surface area contributed by atoms with Crippen LogP contribution in [0.2, 0.25) is 0 Å². The predicted molar refractivity (Wildman–Crippen MR) is 84.0 cm³/mol. The quantitative estimate of drug-likeness (QED) is 0.648. The largest absolute Gasteiger partial charge is 0.271 e. The van der Waals surface area contributed by atoms with Crippen molar-refractivity contribution in [1.29, 1.82) is 0 Å². The van der Waals surface area contributed by atoms with Crippen LogP contribution in [0.5, 0.6) is 0 Å². The molecule has 4 unspecified atom stereocenters. The Labute approximate surface area is 123 Å². The molecule has 2 aliphatic rings. The number of rotatable bonds is 4. The molecule has 0 aromatic heterocycles. The van der Waals surface area contributed by atoms with E-state index < -0.39 is 0 Å². The van der Waals surface area contributed by atoms with Crippen molar-refractivity contribution < 1.29 is 0 Å². The topological polar surface area (TPSA) is 38.0 Å². The van der Waals surface area contributed by atoms with E-state index in [2.05, 4.69) is 35.8 Å². The summed E-state index contributed by atoms with van der Waals surface area (Å²) in [5.41, 5.74) is 4.52. The van der Waals surface area contributed by atoms with Crippen molar-refractivity contribution in [3.8, 4) is 0 Å². The maximum absolute atomic E-state index is 5.87. The Hall–Kier alpha value is -0.860. The number of hydrogen-bond donors (Lipinski definition) is 2. The van der Waals surface area contributed by atoms with E-state index in [0.29, 0.717) is 6.04 Å². The van der Waals surface area contributed by atoms with Crippen LogP contribution in [-0.2, 0) is 6.42 Å². The van der Waals surface area contributed by atoms with Gasteiger partial charge in [0.05, 0.1) is 0 Å². The molecule has 110 valence electrons. The maximum atomic E-state index is 5.87. The monoisotopic (exact) mass is 272 g/mol. The fraction of sp³-hybridized carbons (Fsp3) is 0.667. The molecule has 0 bridgehead atoms. The second kappa shape index (κ2) is 6.73. The minimum absolute atomic E-state index is 0.445. The van der Waals surface area contributed by atoms with E-state index in [1.54, 1.807) is 0 Å². The van der Waals surface area contributed by atoms with Gasteiger partial charge >= 0.3 is 0 Å². The molecule has 20 heavy (non-hydrogen) atoms. The Morgan fingerprint density at radius 2 is 1.75 bits per heavy atom. The van der Waals surface area contributed by atoms with Crippen molar-refractivity contribution in [2.24, 2.45) is 23.6 Å². The Morgan fingerprint density at radius 1 is 1.00 bits per heavy atom. The fourth-order valence-corrected chi connectivity index (χ4v) is 4.50. The SMILES string of the molecule is NNC(Cc1ccccc1)C1CCC2CCCCC2C1. The normalized spacial score (nSPS) is 31.6. The van der Waals surface area contributed by atoms with Crippen molar-refractivity contribution in [3.63, 3.8) is 0 Å². The van der Waals surface area contributed by atoms with Crippen LogP contribution in [0.25, 0.3) is 0 Å². The molecule has 0 heterocycles. The Bertz CT molecular complexity index is 403. The second-order valence-corrected chi connectivity index (χ2v) is 6.84. The summed E-state index contributed by atoms with van der Waals surface area (Å²) in [6.45, 7) is 0. The minimum atomic E-state index is 0.445. The number of hydrazine groups is 1. The van der Waals surface area contributed by atoms with Gasteiger partial charge in [-0.1, -0.05) is 56.0 Å². The van der Waals surface area contributed by atoms with Gasteiger partial charge in [-0.3, -0.25) is 11.3 Å². The molecule has 1 aromatic carbocycles. The molecule has 2 saturated carbocycles. The number of nitrogens with one attached hydrogen (secondary N) is 1. The Kier molecular flexibility index (Phi) is 4.74. The van der Waals surface area contributed by atoms with Gasteiger partial charge in [-0.05, 0) is 49.0 Å². The van der Waals surface area contributed by atoms with Crippen LogP contribution in [0, 0.1) is 17.8 Å². The van der Waals surface area contributed by atoms with Gasteiger partial charge in [0.15, 0.2) is 0 Å². The summed E-state index contributed by atoms with van der Waals surface area (Å²) < 4.78 is 0. The number of fused-ring (bicyclic) bond motifs is 1. The highest BCUT2D eigenvalue weighted by Gasteiger charge is 2.35. The molecule has 0 radical (unpaired) electrons. The average Bonchev–Trinajstić information content (AvgIpc) is 2.53. The third-order valence-corrected chi connectivity index (χ3v) is 5.66. The zero-order valence-electron chi connectivity index (χ0n) is 12.4. The number of hydrogen-bond acceptors (Lipinski definition) is 2. The lowest BCUT2D eigenvalue weighted by Gasteiger charge is -2.41. The summed E-state index contributed by atoms with van der Waals surface area (Å²) in [6.07, 6.45) is 11.1. The first-order valence-electron chi connectivity index (χ1n) is 8.37. The van der Waals surface area contributed by atoms with E-state index in [1.165, 1.54) is 50.5 Å². The van der Waals surface area contributed by atoms with Gasteiger partial charge in [0.1, 0.15) is 0 Å². The lowest BCUT2D eigenvalue weighted by molar-refractivity contribution is 0.109. The molecular weight excluding hydrogens is 244 g/mol. The van der Waals surface area contributed by atoms with Crippen LogP contribution in [-0.4, -0.2) is 6.04 Å². The molecule has 0 saturated heterocycles. The zero-order chi connectivity index (χ0) is 13.8. The van der Waals surface area contributed by atoms with Crippen LogP contribution in [0.4, 0.5) is 0 Å². The first-order valence-corrected chi connectivity index (χ1v) is 8.37. The van der Waals surface area contributed by atoms with Gasteiger partial charge in [-0.25, -0.2) is 0 Å². The highest BCUT2D eigenvalue weighted by Crippen LogP contribution is 2.43. The molecule has 2 nitrogen and oxygen atoms in total. The van der Waals surface area contributed by atoms with Gasteiger partial charge in [-0.15, -0.1) is 0 Å². The summed E-state index contributed by atoms with van der Waals surface area (Å²) in [4.78, 5) is 0. The molecule has 2 fully saturated rings. The van der Waals surface area contributed by atoms with Crippen LogP contribution in [0.1, 0.15) is 50.5 Å². The van der Waals surface area contributed by atoms with Gasteiger partial charge in [-0.2, -0.15) is 0 Å². The van der Waals surface area contributed by atoms with Gasteiger partial charge in [0, 0.05) is 6.04 Å². The molecular formula is C18H28N2. The third kappa shape index (κ3) is 3.24. The van der Waals surface area contributed by atoms with Gasteiger partial charge < -0.3 is 0 Å². The van der Waals surface area contributed by atoms with Crippen molar-refractivity contribution in [1.82, 2.24) is 5.43 Å². The van der Waals surface area contributed by atoms with Crippen molar-refractivity contribution in [2.75, 3.05) is 0 Å². The predicted octanol–water partition coefficient (Wildman–Crippen LogP) is 3.67. The smallest absolute Gasteiger partial charge is 0.0279 e. The highest BCUT2D eigenvalue weighted by atomic mass is 15.2. The molecule has 1 aromatic rings. The molecule has 0 spiro atoms. The van der Waals surface area contributed by atoms with E-state index in [-0.39, 0.29) is 0 Å². The summed E-state index contributed by atoms with van der Waals surface area (Å²) in [5, 5.41) is 0. The molecule has 2 heteroatoms. The lowest BCUT2D eigenvalue weighted by atomic mass is 9.65. The number of benzene rings is 1. The summed E-state index contributed by atoms with van der Waals surface area (Å²) in [7, 11) is 0. The van der Waals surface area contributed by atoms with Crippen molar-refractivity contribution >= 4 is 0 Å². The fourth-order valence-electron chi connectivity index (χ4n) is 4.50. The minimum Gasteiger partial charge on any atom is -0.271 e. The third-order valence-electron chi connectivity index (χ3n) is 5.66. The van der Waals surface area contributed by atoms with Crippen molar-refractivity contribution in [3.05, 3.63) is 35.9 Å². The molecule has 3 N–H and O–H groups in total.